The van der Waals surface area contributed by atoms with E-state index in [0.717, 1.165) is 18.9 Å². The molecule has 0 bridgehead atoms. The lowest BCUT2D eigenvalue weighted by Crippen LogP contribution is -2.29. The van der Waals surface area contributed by atoms with Gasteiger partial charge in [0.05, 0.1) is 17.3 Å². The molecule has 18 heavy (non-hydrogen) atoms. The van der Waals surface area contributed by atoms with Gasteiger partial charge in [-0.05, 0) is 25.0 Å². The first-order chi connectivity index (χ1) is 8.65. The van der Waals surface area contributed by atoms with E-state index in [0.29, 0.717) is 16.6 Å². The highest BCUT2D eigenvalue weighted by atomic mass is 35.5. The molecule has 0 aromatic carbocycles. The van der Waals surface area contributed by atoms with Crippen LogP contribution in [-0.4, -0.2) is 23.2 Å². The number of halogens is 1. The minimum atomic E-state index is -0.116. The van der Waals surface area contributed by atoms with E-state index < -0.39 is 0 Å². The van der Waals surface area contributed by atoms with E-state index in [-0.39, 0.29) is 6.61 Å². The lowest BCUT2D eigenvalue weighted by atomic mass is 10.0. The first-order valence-corrected chi connectivity index (χ1v) is 7.05. The molecule has 0 atom stereocenters. The molecule has 0 radical (unpaired) electrons. The molecule has 3 nitrogen and oxygen atoms in total. The number of hydrogen-bond acceptors (Lipinski definition) is 3. The van der Waals surface area contributed by atoms with Gasteiger partial charge in [0.25, 0.3) is 0 Å². The minimum Gasteiger partial charge on any atom is -0.390 e. The first-order valence-electron chi connectivity index (χ1n) is 6.67. The largest absolute Gasteiger partial charge is 0.390 e. The van der Waals surface area contributed by atoms with Gasteiger partial charge < -0.3 is 10.0 Å². The predicted octanol–water partition coefficient (Wildman–Crippen LogP) is 3.49. The summed E-state index contributed by atoms with van der Waals surface area (Å²) in [6.07, 6.45) is 2.35. The molecule has 0 unspecified atom stereocenters. The number of aliphatic hydroxyl groups excluding tert-OH is 1. The summed E-state index contributed by atoms with van der Waals surface area (Å²) in [7, 11) is 0. The van der Waals surface area contributed by atoms with Gasteiger partial charge in [-0.15, -0.1) is 0 Å². The Morgan fingerprint density at radius 3 is 2.44 bits per heavy atom. The monoisotopic (exact) mass is 270 g/mol. The predicted molar refractivity (Wildman–Crippen MR) is 77.1 cm³/mol. The molecule has 0 saturated carbocycles. The molecule has 0 amide bonds. The van der Waals surface area contributed by atoms with Crippen molar-refractivity contribution in [3.63, 3.8) is 0 Å². The molecular formula is C14H23ClN2O. The standard InChI is InChI=1S/C14H23ClN2O/c1-4-11(5-2)9-17(6-3)14-8-7-12(15)13(10-18)16-14/h7-8,11,18H,4-6,9-10H2,1-3H3. The lowest BCUT2D eigenvalue weighted by Gasteiger charge is -2.26. The Labute approximate surface area is 115 Å². The Morgan fingerprint density at radius 2 is 1.94 bits per heavy atom. The van der Waals surface area contributed by atoms with Crippen molar-refractivity contribution in [1.29, 1.82) is 0 Å². The van der Waals surface area contributed by atoms with Crippen molar-refractivity contribution in [2.45, 2.75) is 40.2 Å². The fourth-order valence-corrected chi connectivity index (χ4v) is 2.17. The highest BCUT2D eigenvalue weighted by Crippen LogP contribution is 2.21. The number of rotatable bonds is 7. The Hall–Kier alpha value is -0.800. The average Bonchev–Trinajstić information content (AvgIpc) is 2.41. The average molecular weight is 271 g/mol. The van der Waals surface area contributed by atoms with Crippen molar-refractivity contribution in [3.05, 3.63) is 22.8 Å². The van der Waals surface area contributed by atoms with E-state index >= 15 is 0 Å². The number of hydrogen-bond donors (Lipinski definition) is 1. The molecule has 1 aromatic heterocycles. The summed E-state index contributed by atoms with van der Waals surface area (Å²) in [5, 5.41) is 9.73. The van der Waals surface area contributed by atoms with Crippen LogP contribution in [0.3, 0.4) is 0 Å². The van der Waals surface area contributed by atoms with E-state index in [1.807, 2.05) is 12.1 Å². The van der Waals surface area contributed by atoms with Crippen LogP contribution in [0.25, 0.3) is 0 Å². The molecule has 0 fully saturated rings. The highest BCUT2D eigenvalue weighted by Gasteiger charge is 2.13. The van der Waals surface area contributed by atoms with Crippen LogP contribution in [0.1, 0.15) is 39.3 Å². The van der Waals surface area contributed by atoms with Crippen molar-refractivity contribution in [2.75, 3.05) is 18.0 Å². The van der Waals surface area contributed by atoms with Crippen molar-refractivity contribution in [2.24, 2.45) is 5.92 Å². The van der Waals surface area contributed by atoms with Crippen LogP contribution in [0, 0.1) is 5.92 Å². The molecule has 1 heterocycles. The first kappa shape index (κ1) is 15.3. The van der Waals surface area contributed by atoms with Crippen molar-refractivity contribution < 1.29 is 5.11 Å². The smallest absolute Gasteiger partial charge is 0.129 e. The molecule has 0 saturated heterocycles. The Bertz CT molecular complexity index is 367. The van der Waals surface area contributed by atoms with E-state index in [1.54, 1.807) is 0 Å². The van der Waals surface area contributed by atoms with Crippen molar-refractivity contribution >= 4 is 17.4 Å². The summed E-state index contributed by atoms with van der Waals surface area (Å²) in [4.78, 5) is 6.67. The maximum atomic E-state index is 9.21. The lowest BCUT2D eigenvalue weighted by molar-refractivity contribution is 0.277. The highest BCUT2D eigenvalue weighted by molar-refractivity contribution is 6.31. The third kappa shape index (κ3) is 3.85. The van der Waals surface area contributed by atoms with Crippen LogP contribution in [0.4, 0.5) is 5.82 Å². The second-order valence-electron chi connectivity index (χ2n) is 4.48. The second-order valence-corrected chi connectivity index (χ2v) is 4.88. The molecule has 1 rings (SSSR count). The quantitative estimate of drug-likeness (QED) is 0.824. The van der Waals surface area contributed by atoms with Gasteiger partial charge >= 0.3 is 0 Å². The molecule has 4 heteroatoms. The van der Waals surface area contributed by atoms with Gasteiger partial charge in [-0.1, -0.05) is 38.3 Å². The van der Waals surface area contributed by atoms with Gasteiger partial charge in [0.1, 0.15) is 5.82 Å². The van der Waals surface area contributed by atoms with Crippen molar-refractivity contribution in [1.82, 2.24) is 4.98 Å². The zero-order valence-electron chi connectivity index (χ0n) is 11.5. The summed E-state index contributed by atoms with van der Waals surface area (Å²) in [5.74, 6) is 1.58. The number of pyridine rings is 1. The third-order valence-corrected chi connectivity index (χ3v) is 3.74. The molecule has 1 N–H and O–H groups in total. The van der Waals surface area contributed by atoms with E-state index in [1.165, 1.54) is 12.8 Å². The maximum absolute atomic E-state index is 9.21. The summed E-state index contributed by atoms with van der Waals surface area (Å²) >= 11 is 5.96. The number of nitrogens with zero attached hydrogens (tertiary/aromatic N) is 2. The second kappa shape index (κ2) is 7.59. The summed E-state index contributed by atoms with van der Waals surface area (Å²) < 4.78 is 0. The van der Waals surface area contributed by atoms with Gasteiger partial charge in [0.2, 0.25) is 0 Å². The molecule has 0 aliphatic heterocycles. The van der Waals surface area contributed by atoms with Crippen LogP contribution >= 0.6 is 11.6 Å². The SMILES string of the molecule is CCC(CC)CN(CC)c1ccc(Cl)c(CO)n1. The van der Waals surface area contributed by atoms with Crippen LogP contribution in [0.2, 0.25) is 5.02 Å². The van der Waals surface area contributed by atoms with Crippen molar-refractivity contribution in [3.8, 4) is 0 Å². The summed E-state index contributed by atoms with van der Waals surface area (Å²) in [6, 6.07) is 3.73. The Balaban J connectivity index is 2.87. The number of anilines is 1. The molecule has 0 aliphatic carbocycles. The molecule has 102 valence electrons. The molecular weight excluding hydrogens is 248 g/mol. The van der Waals surface area contributed by atoms with E-state index in [9.17, 15) is 5.11 Å². The topological polar surface area (TPSA) is 36.4 Å². The maximum Gasteiger partial charge on any atom is 0.129 e. The zero-order valence-corrected chi connectivity index (χ0v) is 12.2. The van der Waals surface area contributed by atoms with Crippen LogP contribution in [0.15, 0.2) is 12.1 Å². The Kier molecular flexibility index (Phi) is 6.44. The van der Waals surface area contributed by atoms with Gasteiger partial charge in [-0.3, -0.25) is 0 Å². The van der Waals surface area contributed by atoms with Crippen LogP contribution in [-0.2, 0) is 6.61 Å². The fraction of sp³-hybridized carbons (Fsp3) is 0.643. The van der Waals surface area contributed by atoms with Crippen LogP contribution in [0.5, 0.6) is 0 Å². The Morgan fingerprint density at radius 1 is 1.28 bits per heavy atom. The van der Waals surface area contributed by atoms with Gasteiger partial charge in [-0.25, -0.2) is 4.98 Å². The third-order valence-electron chi connectivity index (χ3n) is 3.39. The van der Waals surface area contributed by atoms with E-state index in [2.05, 4.69) is 30.7 Å². The number of aromatic nitrogens is 1. The normalized spacial score (nSPS) is 11.0. The van der Waals surface area contributed by atoms with Gasteiger partial charge in [-0.2, -0.15) is 0 Å². The van der Waals surface area contributed by atoms with Crippen LogP contribution < -0.4 is 4.90 Å². The van der Waals surface area contributed by atoms with Gasteiger partial charge in [0, 0.05) is 13.1 Å². The fourth-order valence-electron chi connectivity index (χ4n) is 2.00. The summed E-state index contributed by atoms with van der Waals surface area (Å²) in [6.45, 7) is 8.36. The molecule has 0 aliphatic rings. The zero-order chi connectivity index (χ0) is 13.5. The summed E-state index contributed by atoms with van der Waals surface area (Å²) in [5.41, 5.74) is 0.553. The van der Waals surface area contributed by atoms with E-state index in [4.69, 9.17) is 11.6 Å². The number of aliphatic hydroxyl groups is 1. The molecule has 0 spiro atoms. The molecule has 1 aromatic rings. The minimum absolute atomic E-state index is 0.116. The van der Waals surface area contributed by atoms with Gasteiger partial charge in [0.15, 0.2) is 0 Å².